The molecule has 0 aromatic heterocycles. The molecule has 0 heterocycles. The van der Waals surface area contributed by atoms with Crippen LogP contribution in [0.25, 0.3) is 0 Å². The molecule has 9 nitrogen and oxygen atoms in total. The lowest BCUT2D eigenvalue weighted by molar-refractivity contribution is -0.274. The Labute approximate surface area is 205 Å². The van der Waals surface area contributed by atoms with Gasteiger partial charge in [-0.2, -0.15) is 0 Å². The lowest BCUT2D eigenvalue weighted by Gasteiger charge is -2.29. The van der Waals surface area contributed by atoms with Crippen molar-refractivity contribution in [2.45, 2.75) is 44.2 Å². The van der Waals surface area contributed by atoms with E-state index in [2.05, 4.69) is 25.4 Å². The third-order valence-electron chi connectivity index (χ3n) is 5.40. The summed E-state index contributed by atoms with van der Waals surface area (Å²) in [7, 11) is 1.24. The van der Waals surface area contributed by atoms with E-state index in [1.54, 1.807) is 24.3 Å². The summed E-state index contributed by atoms with van der Waals surface area (Å²) in [6.45, 7) is -0.216. The van der Waals surface area contributed by atoms with Crippen LogP contribution in [0.2, 0.25) is 0 Å². The minimum absolute atomic E-state index is 0.0497. The van der Waals surface area contributed by atoms with E-state index in [-0.39, 0.29) is 24.4 Å². The number of alkyl halides is 3. The fourth-order valence-corrected chi connectivity index (χ4v) is 3.62. The maximum absolute atomic E-state index is 12.2. The van der Waals surface area contributed by atoms with Crippen molar-refractivity contribution in [1.29, 1.82) is 0 Å². The number of rotatable bonds is 8. The molecule has 0 unspecified atom stereocenters. The maximum Gasteiger partial charge on any atom is 0.573 e. The lowest BCUT2D eigenvalue weighted by Crippen LogP contribution is -2.41. The molecule has 0 spiro atoms. The number of amides is 3. The summed E-state index contributed by atoms with van der Waals surface area (Å²) in [4.78, 5) is 35.4. The highest BCUT2D eigenvalue weighted by Crippen LogP contribution is 2.25. The van der Waals surface area contributed by atoms with Crippen LogP contribution < -0.4 is 25.4 Å². The number of hydrogen-bond acceptors (Lipinski definition) is 6. The van der Waals surface area contributed by atoms with Gasteiger partial charge >= 0.3 is 18.4 Å². The molecule has 0 radical (unpaired) electrons. The third-order valence-corrected chi connectivity index (χ3v) is 5.40. The van der Waals surface area contributed by atoms with E-state index in [4.69, 9.17) is 4.74 Å². The molecule has 36 heavy (non-hydrogen) atoms. The second-order valence-corrected chi connectivity index (χ2v) is 8.05. The first-order chi connectivity index (χ1) is 17.1. The van der Waals surface area contributed by atoms with E-state index in [0.29, 0.717) is 42.7 Å². The summed E-state index contributed by atoms with van der Waals surface area (Å²) in [6.07, 6.45) is -2.05. The highest BCUT2D eigenvalue weighted by atomic mass is 19.4. The molecule has 1 fully saturated rings. The number of carbonyl (C=O) groups is 3. The summed E-state index contributed by atoms with van der Waals surface area (Å²) < 4.78 is 50.9. The summed E-state index contributed by atoms with van der Waals surface area (Å²) in [5.74, 6) is -0.711. The fraction of sp³-hybridized carbons (Fsp3) is 0.375. The molecule has 3 N–H and O–H groups in total. The number of halogens is 3. The minimum Gasteiger partial charge on any atom is -0.490 e. The molecule has 3 rings (SSSR count). The highest BCUT2D eigenvalue weighted by Gasteiger charge is 2.31. The number of nitrogens with one attached hydrogen (secondary N) is 3. The van der Waals surface area contributed by atoms with Crippen LogP contribution in [0.4, 0.5) is 23.7 Å². The van der Waals surface area contributed by atoms with Crippen molar-refractivity contribution in [3.8, 4) is 11.5 Å². The van der Waals surface area contributed by atoms with Gasteiger partial charge in [-0.15, -0.1) is 13.2 Å². The second-order valence-electron chi connectivity index (χ2n) is 8.05. The number of anilines is 1. The van der Waals surface area contributed by atoms with Gasteiger partial charge in [-0.3, -0.25) is 9.59 Å². The summed E-state index contributed by atoms with van der Waals surface area (Å²) in [6, 6.07) is 10.9. The maximum atomic E-state index is 12.2. The number of urea groups is 1. The average Bonchev–Trinajstić information content (AvgIpc) is 2.84. The number of ether oxygens (including phenoxy) is 3. The highest BCUT2D eigenvalue weighted by molar-refractivity contribution is 5.96. The number of methoxy groups -OCH3 is 1. The molecule has 0 aliphatic heterocycles. The van der Waals surface area contributed by atoms with Gasteiger partial charge < -0.3 is 30.2 Å². The van der Waals surface area contributed by atoms with Gasteiger partial charge in [-0.05, 0) is 74.2 Å². The van der Waals surface area contributed by atoms with E-state index in [9.17, 15) is 27.6 Å². The van der Waals surface area contributed by atoms with Crippen LogP contribution in [0.3, 0.4) is 0 Å². The summed E-state index contributed by atoms with van der Waals surface area (Å²) >= 11 is 0. The zero-order valence-corrected chi connectivity index (χ0v) is 19.4. The van der Waals surface area contributed by atoms with Crippen LogP contribution in [0, 0.1) is 0 Å². The van der Waals surface area contributed by atoms with Gasteiger partial charge in [-0.25, -0.2) is 4.79 Å². The van der Waals surface area contributed by atoms with Gasteiger partial charge in [0.25, 0.3) is 5.91 Å². The van der Waals surface area contributed by atoms with Gasteiger partial charge in [0.2, 0.25) is 0 Å². The lowest BCUT2D eigenvalue weighted by atomic mass is 9.93. The number of esters is 1. The molecule has 0 saturated heterocycles. The topological polar surface area (TPSA) is 115 Å². The molecule has 0 atom stereocenters. The molecule has 1 aliphatic rings. The van der Waals surface area contributed by atoms with E-state index in [1.807, 2.05) is 0 Å². The first-order valence-corrected chi connectivity index (χ1v) is 11.2. The van der Waals surface area contributed by atoms with Gasteiger partial charge in [0.05, 0.1) is 13.2 Å². The predicted octanol–water partition coefficient (Wildman–Crippen LogP) is 4.00. The molecule has 3 amide bonds. The quantitative estimate of drug-likeness (QED) is 0.464. The minimum atomic E-state index is -4.78. The van der Waals surface area contributed by atoms with E-state index in [1.165, 1.54) is 19.2 Å². The second kappa shape index (κ2) is 12.1. The smallest absolute Gasteiger partial charge is 0.490 e. The van der Waals surface area contributed by atoms with Crippen molar-refractivity contribution < 1.29 is 41.8 Å². The van der Waals surface area contributed by atoms with Crippen molar-refractivity contribution in [2.75, 3.05) is 19.0 Å². The molecular weight excluding hydrogens is 483 g/mol. The SMILES string of the molecule is COC(=O)CNC(=O)c1ccc(OC2CCC(NC(=O)Nc3ccc(OC(F)(F)F)cc3)CC2)cc1. The zero-order chi connectivity index (χ0) is 26.1. The first-order valence-electron chi connectivity index (χ1n) is 11.2. The number of benzene rings is 2. The van der Waals surface area contributed by atoms with E-state index < -0.39 is 24.3 Å². The summed E-state index contributed by atoms with van der Waals surface area (Å²) in [5.41, 5.74) is 0.717. The zero-order valence-electron chi connectivity index (χ0n) is 19.4. The Balaban J connectivity index is 1.38. The third kappa shape index (κ3) is 8.67. The van der Waals surface area contributed by atoms with E-state index >= 15 is 0 Å². The van der Waals surface area contributed by atoms with Crippen LogP contribution in [-0.2, 0) is 9.53 Å². The molecule has 12 heteroatoms. The molecule has 0 bridgehead atoms. The Hall–Kier alpha value is -3.96. The standard InChI is InChI=1S/C24H26F3N3O6/c1-34-21(31)14-28-22(32)15-2-8-18(9-3-15)35-19-10-4-16(5-11-19)29-23(33)30-17-6-12-20(13-7-17)36-24(25,26)27/h2-3,6-9,12-13,16,19H,4-5,10-11,14H2,1H3,(H,28,32)(H2,29,30,33). The Morgan fingerprint density at radius 2 is 1.53 bits per heavy atom. The van der Waals surface area contributed by atoms with Gasteiger partial charge in [0.1, 0.15) is 18.0 Å². The average molecular weight is 509 g/mol. The number of carbonyl (C=O) groups excluding carboxylic acids is 3. The molecule has 194 valence electrons. The Morgan fingerprint density at radius 1 is 0.917 bits per heavy atom. The van der Waals surface area contributed by atoms with Crippen molar-refractivity contribution in [1.82, 2.24) is 10.6 Å². The van der Waals surface area contributed by atoms with Gasteiger partial charge in [0.15, 0.2) is 0 Å². The predicted molar refractivity (Wildman–Crippen MR) is 123 cm³/mol. The monoisotopic (exact) mass is 509 g/mol. The van der Waals surface area contributed by atoms with Crippen molar-refractivity contribution in [3.63, 3.8) is 0 Å². The number of hydrogen-bond donors (Lipinski definition) is 3. The van der Waals surface area contributed by atoms with E-state index in [0.717, 1.165) is 12.1 Å². The van der Waals surface area contributed by atoms with Gasteiger partial charge in [0, 0.05) is 17.3 Å². The van der Waals surface area contributed by atoms with Crippen molar-refractivity contribution >= 4 is 23.6 Å². The Bertz CT molecular complexity index is 1040. The van der Waals surface area contributed by atoms with Crippen LogP contribution in [0.15, 0.2) is 48.5 Å². The summed E-state index contributed by atoms with van der Waals surface area (Å²) in [5, 5.41) is 7.90. The largest absolute Gasteiger partial charge is 0.573 e. The van der Waals surface area contributed by atoms with Crippen LogP contribution >= 0.6 is 0 Å². The molecule has 1 saturated carbocycles. The molecule has 2 aromatic rings. The van der Waals surface area contributed by atoms with Gasteiger partial charge in [-0.1, -0.05) is 0 Å². The van der Waals surface area contributed by atoms with Crippen molar-refractivity contribution in [3.05, 3.63) is 54.1 Å². The van der Waals surface area contributed by atoms with Crippen LogP contribution in [-0.4, -0.2) is 50.1 Å². The fourth-order valence-electron chi connectivity index (χ4n) is 3.62. The normalized spacial score (nSPS) is 17.4. The first kappa shape index (κ1) is 26.6. The van der Waals surface area contributed by atoms with Crippen LogP contribution in [0.1, 0.15) is 36.0 Å². The Kier molecular flexibility index (Phi) is 8.98. The molecule has 1 aliphatic carbocycles. The molecular formula is C24H26F3N3O6. The molecule has 2 aromatic carbocycles. The van der Waals surface area contributed by atoms with Crippen molar-refractivity contribution in [2.24, 2.45) is 0 Å². The Morgan fingerprint density at radius 3 is 2.11 bits per heavy atom. The van der Waals surface area contributed by atoms with Crippen LogP contribution in [0.5, 0.6) is 11.5 Å².